The first-order valence-electron chi connectivity index (χ1n) is 11.5. The van der Waals surface area contributed by atoms with Gasteiger partial charge in [0.15, 0.2) is 5.65 Å². The van der Waals surface area contributed by atoms with Gasteiger partial charge in [0.2, 0.25) is 0 Å². The van der Waals surface area contributed by atoms with Crippen LogP contribution in [0.2, 0.25) is 0 Å². The number of fused-ring (bicyclic) bond motifs is 1. The number of anilines is 1. The molecule has 0 spiro atoms. The average molecular weight is 489 g/mol. The van der Waals surface area contributed by atoms with Crippen molar-refractivity contribution in [3.8, 4) is 11.3 Å². The van der Waals surface area contributed by atoms with Crippen molar-refractivity contribution in [1.82, 2.24) is 24.4 Å². The van der Waals surface area contributed by atoms with Crippen molar-refractivity contribution in [3.05, 3.63) is 29.7 Å². The predicted octanol–water partition coefficient (Wildman–Crippen LogP) is 2.28. The summed E-state index contributed by atoms with van der Waals surface area (Å²) in [7, 11) is 0. The highest BCUT2D eigenvalue weighted by molar-refractivity contribution is 6.05. The van der Waals surface area contributed by atoms with Gasteiger partial charge in [0.05, 0.1) is 30.7 Å². The lowest BCUT2D eigenvalue weighted by Gasteiger charge is -2.27. The number of carboxylic acid groups (broad SMARTS) is 1. The zero-order chi connectivity index (χ0) is 24.7. The van der Waals surface area contributed by atoms with E-state index in [-0.39, 0.29) is 28.5 Å². The van der Waals surface area contributed by atoms with Crippen LogP contribution in [0.1, 0.15) is 54.2 Å². The number of halogens is 2. The lowest BCUT2D eigenvalue weighted by atomic mass is 9.86. The van der Waals surface area contributed by atoms with E-state index in [0.29, 0.717) is 57.8 Å². The number of aliphatic carboxylic acids is 1. The van der Waals surface area contributed by atoms with Crippen LogP contribution in [0.5, 0.6) is 0 Å². The van der Waals surface area contributed by atoms with Gasteiger partial charge in [0.1, 0.15) is 22.8 Å². The van der Waals surface area contributed by atoms with E-state index in [2.05, 4.69) is 15.2 Å². The summed E-state index contributed by atoms with van der Waals surface area (Å²) in [5.74, 6) is -1.52. The van der Waals surface area contributed by atoms with Gasteiger partial charge in [-0.2, -0.15) is 10.2 Å². The van der Waals surface area contributed by atoms with Crippen molar-refractivity contribution in [2.24, 2.45) is 11.7 Å². The smallest absolute Gasteiger partial charge is 0.306 e. The second-order valence-electron chi connectivity index (χ2n) is 8.79. The Morgan fingerprint density at radius 2 is 1.86 bits per heavy atom. The fourth-order valence-corrected chi connectivity index (χ4v) is 4.83. The minimum absolute atomic E-state index is 0.00702. The Kier molecular flexibility index (Phi) is 6.09. The van der Waals surface area contributed by atoms with E-state index >= 15 is 0 Å². The highest BCUT2D eigenvalue weighted by Gasteiger charge is 2.32. The molecule has 5 rings (SSSR count). The van der Waals surface area contributed by atoms with Crippen LogP contribution in [0, 0.1) is 5.92 Å². The number of hydrogen-bond donors (Lipinski definition) is 2. The molecule has 1 aliphatic carbocycles. The van der Waals surface area contributed by atoms with Crippen LogP contribution >= 0.6 is 0 Å². The number of aromatic nitrogens is 5. The summed E-state index contributed by atoms with van der Waals surface area (Å²) in [6.07, 6.45) is 2.03. The Morgan fingerprint density at radius 3 is 2.49 bits per heavy atom. The van der Waals surface area contributed by atoms with Gasteiger partial charge in [-0.05, 0) is 31.7 Å². The summed E-state index contributed by atoms with van der Waals surface area (Å²) >= 11 is 0. The third kappa shape index (κ3) is 4.31. The summed E-state index contributed by atoms with van der Waals surface area (Å²) < 4.78 is 36.2. The van der Waals surface area contributed by atoms with Gasteiger partial charge >= 0.3 is 5.97 Å². The molecule has 1 saturated carbocycles. The van der Waals surface area contributed by atoms with E-state index in [1.165, 1.54) is 15.4 Å². The number of morpholine rings is 1. The van der Waals surface area contributed by atoms with Crippen LogP contribution in [0.4, 0.5) is 14.6 Å². The highest BCUT2D eigenvalue weighted by Crippen LogP contribution is 2.37. The van der Waals surface area contributed by atoms with Gasteiger partial charge in [-0.25, -0.2) is 18.3 Å². The number of carbonyl (C=O) groups excluding carboxylic acids is 1. The molecule has 2 fully saturated rings. The van der Waals surface area contributed by atoms with Crippen molar-refractivity contribution < 1.29 is 28.2 Å². The lowest BCUT2D eigenvalue weighted by Crippen LogP contribution is -2.36. The predicted molar refractivity (Wildman–Crippen MR) is 119 cm³/mol. The number of primary amides is 1. The Labute approximate surface area is 198 Å². The molecular weight excluding hydrogens is 464 g/mol. The van der Waals surface area contributed by atoms with Crippen LogP contribution in [0.15, 0.2) is 18.5 Å². The maximum Gasteiger partial charge on any atom is 0.306 e. The largest absolute Gasteiger partial charge is 0.481 e. The number of nitrogens with two attached hydrogens (primary N) is 1. The topological polar surface area (TPSA) is 141 Å². The number of rotatable bonds is 6. The first-order chi connectivity index (χ1) is 16.8. The third-order valence-electron chi connectivity index (χ3n) is 6.69. The molecule has 35 heavy (non-hydrogen) atoms. The van der Waals surface area contributed by atoms with E-state index in [1.54, 1.807) is 12.3 Å². The van der Waals surface area contributed by atoms with Crippen molar-refractivity contribution in [2.75, 3.05) is 31.2 Å². The molecule has 3 aromatic rings. The molecule has 1 aliphatic heterocycles. The highest BCUT2D eigenvalue weighted by atomic mass is 19.3. The van der Waals surface area contributed by atoms with Crippen molar-refractivity contribution in [2.45, 2.75) is 38.2 Å². The monoisotopic (exact) mass is 489 g/mol. The number of ether oxygens (including phenoxy) is 1. The minimum Gasteiger partial charge on any atom is -0.481 e. The zero-order valence-corrected chi connectivity index (χ0v) is 18.8. The van der Waals surface area contributed by atoms with Crippen LogP contribution in [-0.4, -0.2) is 67.7 Å². The van der Waals surface area contributed by atoms with Gasteiger partial charge in [0, 0.05) is 25.5 Å². The summed E-state index contributed by atoms with van der Waals surface area (Å²) in [4.78, 5) is 30.3. The molecule has 11 nitrogen and oxygen atoms in total. The van der Waals surface area contributed by atoms with E-state index in [9.17, 15) is 23.5 Å². The number of nitrogens with zero attached hydrogens (tertiary/aromatic N) is 6. The summed E-state index contributed by atoms with van der Waals surface area (Å²) in [5.41, 5.74) is 5.28. The molecule has 0 radical (unpaired) electrons. The average Bonchev–Trinajstić information content (AvgIpc) is 3.46. The Morgan fingerprint density at radius 1 is 1.14 bits per heavy atom. The van der Waals surface area contributed by atoms with E-state index < -0.39 is 29.9 Å². The first-order valence-corrected chi connectivity index (χ1v) is 11.5. The Balaban J connectivity index is 1.55. The van der Waals surface area contributed by atoms with Crippen LogP contribution in [-0.2, 0) is 9.53 Å². The molecule has 3 N–H and O–H groups in total. The van der Waals surface area contributed by atoms with Gasteiger partial charge in [-0.1, -0.05) is 0 Å². The molecule has 4 heterocycles. The van der Waals surface area contributed by atoms with Gasteiger partial charge < -0.3 is 20.5 Å². The maximum atomic E-state index is 14.0. The molecular formula is C22H25F2N7O4. The number of carboxylic acids is 1. The minimum atomic E-state index is -2.91. The fraction of sp³-hybridized carbons (Fsp3) is 0.500. The second kappa shape index (κ2) is 9.21. The standard InChI is InChI=1S/C22H25F2N7O4/c23-19(24)18-14(11-31(28-18)13-3-1-12(2-4-13)22(33)34)17-16(20(25)32)21-26-15(5-6-30(21)27-17)29-7-9-35-10-8-29/h5-6,11-13,19H,1-4,7-10H2,(H2,25,32)(H,33,34). The quantitative estimate of drug-likeness (QED) is 0.537. The van der Waals surface area contributed by atoms with Crippen molar-refractivity contribution in [3.63, 3.8) is 0 Å². The molecule has 0 aromatic carbocycles. The number of carbonyl (C=O) groups is 2. The summed E-state index contributed by atoms with van der Waals surface area (Å²) in [6, 6.07) is 1.51. The van der Waals surface area contributed by atoms with Gasteiger partial charge in [0.25, 0.3) is 12.3 Å². The maximum absolute atomic E-state index is 14.0. The fourth-order valence-electron chi connectivity index (χ4n) is 4.83. The summed E-state index contributed by atoms with van der Waals surface area (Å²) in [5, 5.41) is 17.7. The molecule has 2 aliphatic rings. The van der Waals surface area contributed by atoms with E-state index in [4.69, 9.17) is 10.5 Å². The molecule has 1 amide bonds. The molecule has 0 atom stereocenters. The SMILES string of the molecule is NC(=O)c1c(-c2cn(C3CCC(C(=O)O)CC3)nc2C(F)F)nn2ccc(N3CCOCC3)nc12. The molecule has 186 valence electrons. The van der Waals surface area contributed by atoms with Crippen LogP contribution in [0.25, 0.3) is 16.9 Å². The summed E-state index contributed by atoms with van der Waals surface area (Å²) in [6.45, 7) is 2.35. The van der Waals surface area contributed by atoms with Crippen LogP contribution in [0.3, 0.4) is 0 Å². The van der Waals surface area contributed by atoms with Crippen molar-refractivity contribution in [1.29, 1.82) is 0 Å². The normalized spacial score (nSPS) is 21.1. The lowest BCUT2D eigenvalue weighted by molar-refractivity contribution is -0.143. The zero-order valence-electron chi connectivity index (χ0n) is 18.8. The molecule has 13 heteroatoms. The Hall–Kier alpha value is -3.61. The molecule has 3 aromatic heterocycles. The van der Waals surface area contributed by atoms with Gasteiger partial charge in [-0.15, -0.1) is 0 Å². The third-order valence-corrected chi connectivity index (χ3v) is 6.69. The second-order valence-corrected chi connectivity index (χ2v) is 8.79. The number of alkyl halides is 2. The molecule has 0 bridgehead atoms. The van der Waals surface area contributed by atoms with E-state index in [1.807, 2.05) is 4.90 Å². The Bertz CT molecular complexity index is 1260. The van der Waals surface area contributed by atoms with E-state index in [0.717, 1.165) is 0 Å². The molecule has 0 unspecified atom stereocenters. The number of amides is 1. The number of hydrogen-bond acceptors (Lipinski definition) is 7. The van der Waals surface area contributed by atoms with Crippen LogP contribution < -0.4 is 10.6 Å². The van der Waals surface area contributed by atoms with Gasteiger partial charge in [-0.3, -0.25) is 14.3 Å². The molecule has 1 saturated heterocycles. The first kappa shape index (κ1) is 23.1. The van der Waals surface area contributed by atoms with Crippen molar-refractivity contribution >= 4 is 23.3 Å².